The van der Waals surface area contributed by atoms with E-state index in [1.54, 1.807) is 18.1 Å². The lowest BCUT2D eigenvalue weighted by Gasteiger charge is -2.32. The van der Waals surface area contributed by atoms with Crippen LogP contribution in [0.5, 0.6) is 5.75 Å². The summed E-state index contributed by atoms with van der Waals surface area (Å²) in [5.74, 6) is -0.209. The minimum atomic E-state index is -0.774. The third-order valence-corrected chi connectivity index (χ3v) is 8.22. The van der Waals surface area contributed by atoms with E-state index in [0.29, 0.717) is 37.4 Å². The first-order chi connectivity index (χ1) is 17.4. The summed E-state index contributed by atoms with van der Waals surface area (Å²) in [5.41, 5.74) is 1.14. The molecule has 2 aromatic rings. The van der Waals surface area contributed by atoms with Gasteiger partial charge in [0.05, 0.1) is 13.2 Å². The van der Waals surface area contributed by atoms with Crippen LogP contribution in [0.1, 0.15) is 61.9 Å². The quantitative estimate of drug-likeness (QED) is 0.573. The number of aromatic amines is 1. The predicted molar refractivity (Wildman–Crippen MR) is 133 cm³/mol. The summed E-state index contributed by atoms with van der Waals surface area (Å²) in [4.78, 5) is 44.2. The average Bonchev–Trinajstić information content (AvgIpc) is 3.60. The van der Waals surface area contributed by atoms with E-state index >= 15 is 0 Å². The van der Waals surface area contributed by atoms with Crippen molar-refractivity contribution < 1.29 is 19.1 Å². The normalized spacial score (nSPS) is 23.9. The Morgan fingerprint density at radius 1 is 1.31 bits per heavy atom. The summed E-state index contributed by atoms with van der Waals surface area (Å²) in [6.07, 6.45) is 6.88. The standard InChI is InChI=1S/C27H33N5O4/c1-36-23-7-5-6-20-19(23)13-21(31-20)26(35)32-16-27(9-3-2-4-10-27)14-22(32)25(34)30-18(15-28)12-17-8-11-29-24(17)33/h5-7,13,17-18,22,31H,2-4,8-12,14,16H2,1H3,(H,29,33)(H,30,34)/t17-,18-,22?/m0/s1. The summed E-state index contributed by atoms with van der Waals surface area (Å²) in [6.45, 7) is 1.12. The molecule has 3 aliphatic rings. The van der Waals surface area contributed by atoms with Gasteiger partial charge >= 0.3 is 0 Å². The molecule has 1 saturated carbocycles. The first-order valence-corrected chi connectivity index (χ1v) is 12.9. The molecule has 3 N–H and O–H groups in total. The molecule has 2 aliphatic heterocycles. The number of fused-ring (bicyclic) bond motifs is 1. The molecule has 5 rings (SSSR count). The Morgan fingerprint density at radius 3 is 2.81 bits per heavy atom. The number of nitrogens with zero attached hydrogens (tertiary/aromatic N) is 2. The number of methoxy groups -OCH3 is 1. The van der Waals surface area contributed by atoms with Gasteiger partial charge in [-0.25, -0.2) is 0 Å². The van der Waals surface area contributed by atoms with Crippen molar-refractivity contribution in [2.24, 2.45) is 11.3 Å². The largest absolute Gasteiger partial charge is 0.496 e. The SMILES string of the molecule is COc1cccc2[nH]c(C(=O)N3CC4(CCCCC4)CC3C(=O)N[C@H](C#N)C[C@@H]3CCNC3=O)cc12. The van der Waals surface area contributed by atoms with Crippen LogP contribution in [0.3, 0.4) is 0 Å². The molecule has 2 saturated heterocycles. The van der Waals surface area contributed by atoms with E-state index in [0.717, 1.165) is 36.6 Å². The number of hydrogen-bond donors (Lipinski definition) is 3. The van der Waals surface area contributed by atoms with Crippen LogP contribution < -0.4 is 15.4 Å². The van der Waals surface area contributed by atoms with Gasteiger partial charge in [-0.2, -0.15) is 5.26 Å². The minimum Gasteiger partial charge on any atom is -0.496 e. The lowest BCUT2D eigenvalue weighted by molar-refractivity contribution is -0.126. The molecule has 1 unspecified atom stereocenters. The van der Waals surface area contributed by atoms with Crippen molar-refractivity contribution in [3.05, 3.63) is 30.0 Å². The van der Waals surface area contributed by atoms with Gasteiger partial charge in [0.2, 0.25) is 11.8 Å². The Labute approximate surface area is 210 Å². The lowest BCUT2D eigenvalue weighted by Crippen LogP contribution is -2.49. The summed E-state index contributed by atoms with van der Waals surface area (Å²) in [6, 6.07) is 8.10. The Morgan fingerprint density at radius 2 is 2.11 bits per heavy atom. The van der Waals surface area contributed by atoms with Gasteiger partial charge in [0.15, 0.2) is 0 Å². The zero-order chi connectivity index (χ0) is 25.3. The van der Waals surface area contributed by atoms with E-state index in [-0.39, 0.29) is 35.5 Å². The Balaban J connectivity index is 1.39. The number of ether oxygens (including phenoxy) is 1. The second-order valence-corrected chi connectivity index (χ2v) is 10.5. The Bertz CT molecular complexity index is 1210. The first kappa shape index (κ1) is 24.2. The fraction of sp³-hybridized carbons (Fsp3) is 0.556. The topological polar surface area (TPSA) is 127 Å². The molecular weight excluding hydrogens is 458 g/mol. The summed E-state index contributed by atoms with van der Waals surface area (Å²) in [7, 11) is 1.59. The number of H-pyrrole nitrogens is 1. The van der Waals surface area contributed by atoms with E-state index in [4.69, 9.17) is 4.74 Å². The van der Waals surface area contributed by atoms with Gasteiger partial charge in [-0.3, -0.25) is 14.4 Å². The molecule has 3 atom stereocenters. The molecule has 1 spiro atoms. The number of aromatic nitrogens is 1. The number of nitriles is 1. The monoisotopic (exact) mass is 491 g/mol. The highest BCUT2D eigenvalue weighted by atomic mass is 16.5. The molecule has 1 aromatic carbocycles. The maximum absolute atomic E-state index is 13.8. The van der Waals surface area contributed by atoms with E-state index < -0.39 is 12.1 Å². The molecule has 3 amide bonds. The average molecular weight is 492 g/mol. The molecule has 0 bridgehead atoms. The third kappa shape index (κ3) is 4.52. The number of rotatable bonds is 6. The number of likely N-dealkylation sites (tertiary alicyclic amines) is 1. The molecule has 36 heavy (non-hydrogen) atoms. The maximum Gasteiger partial charge on any atom is 0.271 e. The summed E-state index contributed by atoms with van der Waals surface area (Å²) < 4.78 is 5.45. The van der Waals surface area contributed by atoms with E-state index in [9.17, 15) is 19.6 Å². The van der Waals surface area contributed by atoms with Gasteiger partial charge < -0.3 is 25.3 Å². The predicted octanol–water partition coefficient (Wildman–Crippen LogP) is 2.88. The second kappa shape index (κ2) is 9.84. The zero-order valence-electron chi connectivity index (χ0n) is 20.6. The van der Waals surface area contributed by atoms with Crippen LogP contribution in [-0.2, 0) is 9.59 Å². The molecule has 3 fully saturated rings. The Hall–Kier alpha value is -3.54. The molecule has 0 radical (unpaired) electrons. The van der Waals surface area contributed by atoms with E-state index in [2.05, 4.69) is 21.7 Å². The smallest absolute Gasteiger partial charge is 0.271 e. The van der Waals surface area contributed by atoms with Gasteiger partial charge in [0.25, 0.3) is 5.91 Å². The van der Waals surface area contributed by atoms with Gasteiger partial charge in [-0.1, -0.05) is 25.3 Å². The summed E-state index contributed by atoms with van der Waals surface area (Å²) >= 11 is 0. The lowest BCUT2D eigenvalue weighted by atomic mass is 9.72. The number of benzene rings is 1. The number of nitrogens with one attached hydrogen (secondary N) is 3. The van der Waals surface area contributed by atoms with Crippen LogP contribution in [0.4, 0.5) is 0 Å². The summed E-state index contributed by atoms with van der Waals surface area (Å²) in [5, 5.41) is 16.1. The molecule has 9 nitrogen and oxygen atoms in total. The van der Waals surface area contributed by atoms with Crippen molar-refractivity contribution in [1.82, 2.24) is 20.5 Å². The highest BCUT2D eigenvalue weighted by molar-refractivity contribution is 6.02. The minimum absolute atomic E-state index is 0.0717. The van der Waals surface area contributed by atoms with Gasteiger partial charge in [-0.05, 0) is 55.7 Å². The van der Waals surface area contributed by atoms with Crippen molar-refractivity contribution in [3.63, 3.8) is 0 Å². The van der Waals surface area contributed by atoms with E-state index in [1.165, 1.54) is 6.42 Å². The number of carbonyl (C=O) groups excluding carboxylic acids is 3. The Kier molecular flexibility index (Phi) is 6.61. The zero-order valence-corrected chi connectivity index (χ0v) is 20.6. The van der Waals surface area contributed by atoms with Crippen LogP contribution in [0.15, 0.2) is 24.3 Å². The second-order valence-electron chi connectivity index (χ2n) is 10.5. The van der Waals surface area contributed by atoms with Crippen molar-refractivity contribution in [1.29, 1.82) is 5.26 Å². The van der Waals surface area contributed by atoms with E-state index in [1.807, 2.05) is 18.2 Å². The van der Waals surface area contributed by atoms with Crippen LogP contribution in [0.25, 0.3) is 10.9 Å². The molecule has 3 heterocycles. The highest BCUT2D eigenvalue weighted by Gasteiger charge is 2.49. The van der Waals surface area contributed by atoms with Crippen LogP contribution in [-0.4, -0.2) is 59.9 Å². The van der Waals surface area contributed by atoms with Gasteiger partial charge in [-0.15, -0.1) is 0 Å². The molecular formula is C27H33N5O4. The molecule has 190 valence electrons. The molecule has 1 aliphatic carbocycles. The van der Waals surface area contributed by atoms with Crippen molar-refractivity contribution in [2.45, 2.75) is 63.5 Å². The fourth-order valence-corrected chi connectivity index (χ4v) is 6.31. The first-order valence-electron chi connectivity index (χ1n) is 12.9. The third-order valence-electron chi connectivity index (χ3n) is 8.22. The van der Waals surface area contributed by atoms with Crippen molar-refractivity contribution in [3.8, 4) is 11.8 Å². The highest BCUT2D eigenvalue weighted by Crippen LogP contribution is 2.47. The maximum atomic E-state index is 13.8. The van der Waals surface area contributed by atoms with Crippen molar-refractivity contribution >= 4 is 28.6 Å². The van der Waals surface area contributed by atoms with Gasteiger partial charge in [0.1, 0.15) is 23.5 Å². The van der Waals surface area contributed by atoms with Crippen LogP contribution in [0, 0.1) is 22.7 Å². The number of amides is 3. The molecule has 1 aromatic heterocycles. The number of hydrogen-bond acceptors (Lipinski definition) is 5. The number of carbonyl (C=O) groups is 3. The fourth-order valence-electron chi connectivity index (χ4n) is 6.31. The van der Waals surface area contributed by atoms with Gasteiger partial charge in [0, 0.05) is 29.9 Å². The van der Waals surface area contributed by atoms with Crippen LogP contribution >= 0.6 is 0 Å². The van der Waals surface area contributed by atoms with Crippen LogP contribution in [0.2, 0.25) is 0 Å². The van der Waals surface area contributed by atoms with Crippen molar-refractivity contribution in [2.75, 3.05) is 20.2 Å². The molecule has 9 heteroatoms.